The number of nitro groups is 1. The van der Waals surface area contributed by atoms with Crippen molar-refractivity contribution in [3.05, 3.63) is 50.9 Å². The van der Waals surface area contributed by atoms with Gasteiger partial charge < -0.3 is 9.08 Å². The van der Waals surface area contributed by atoms with E-state index in [0.29, 0.717) is 17.2 Å². The number of halogens is 1. The van der Waals surface area contributed by atoms with Gasteiger partial charge in [0.25, 0.3) is 0 Å². The molecule has 26 heavy (non-hydrogen) atoms. The summed E-state index contributed by atoms with van der Waals surface area (Å²) >= 11 is 5.21. The van der Waals surface area contributed by atoms with E-state index in [1.165, 1.54) is 0 Å². The summed E-state index contributed by atoms with van der Waals surface area (Å²) in [7, 11) is 0. The molecule has 9 heteroatoms. The summed E-state index contributed by atoms with van der Waals surface area (Å²) in [5.74, 6) is 1.00. The number of benzene rings is 1. The predicted octanol–water partition coefficient (Wildman–Crippen LogP) is 4.66. The van der Waals surface area contributed by atoms with Crippen molar-refractivity contribution in [2.45, 2.75) is 26.0 Å². The number of anilines is 1. The summed E-state index contributed by atoms with van der Waals surface area (Å²) in [5.41, 5.74) is 2.49. The molecule has 0 aliphatic carbocycles. The Bertz CT molecular complexity index is 776. The summed E-state index contributed by atoms with van der Waals surface area (Å²) in [4.78, 5) is 12.7. The molecule has 0 saturated heterocycles. The van der Waals surface area contributed by atoms with E-state index in [-0.39, 0.29) is 10.8 Å². The highest BCUT2D eigenvalue weighted by Gasteiger charge is 2.18. The van der Waals surface area contributed by atoms with Crippen molar-refractivity contribution in [2.24, 2.45) is 0 Å². The second-order valence-corrected chi connectivity index (χ2v) is 8.00. The molecule has 142 valence electrons. The van der Waals surface area contributed by atoms with Crippen molar-refractivity contribution < 1.29 is 13.3 Å². The molecule has 2 rings (SSSR count). The normalized spacial score (nSPS) is 12.0. The number of aryl methyl sites for hydroxylation is 1. The molecule has 0 radical (unpaired) electrons. The Kier molecular flexibility index (Phi) is 7.86. The number of hydrogen-bond donors (Lipinski definition) is 0. The zero-order valence-electron chi connectivity index (χ0n) is 14.6. The van der Waals surface area contributed by atoms with Crippen LogP contribution in [0.1, 0.15) is 24.5 Å². The SMILES string of the molecule is CCCN(CCCl)c1ccc(OS(=O)Cc2ccsc2[N+](=O)[O-])cc1C. The standard InChI is InChI=1S/C17H21ClN2O4S2/c1-3-8-19(9-7-18)16-5-4-15(11-13(16)2)24-26(23)12-14-6-10-25-17(14)20(21)22/h4-6,10-11H,3,7-9,12H2,1-2H3. The van der Waals surface area contributed by atoms with Crippen LogP contribution in [0.25, 0.3) is 0 Å². The highest BCUT2D eigenvalue weighted by Crippen LogP contribution is 2.29. The number of hydrogen-bond acceptors (Lipinski definition) is 6. The van der Waals surface area contributed by atoms with Crippen LogP contribution >= 0.6 is 22.9 Å². The lowest BCUT2D eigenvalue weighted by Gasteiger charge is -2.25. The van der Waals surface area contributed by atoms with Crippen molar-refractivity contribution in [3.8, 4) is 5.75 Å². The third kappa shape index (κ3) is 5.43. The van der Waals surface area contributed by atoms with Gasteiger partial charge in [0.15, 0.2) is 0 Å². The Balaban J connectivity index is 2.07. The molecule has 1 unspecified atom stereocenters. The smallest absolute Gasteiger partial charge is 0.328 e. The van der Waals surface area contributed by atoms with E-state index >= 15 is 0 Å². The van der Waals surface area contributed by atoms with Crippen LogP contribution < -0.4 is 9.08 Å². The van der Waals surface area contributed by atoms with Gasteiger partial charge in [-0.3, -0.25) is 10.1 Å². The monoisotopic (exact) mass is 416 g/mol. The summed E-state index contributed by atoms with van der Waals surface area (Å²) in [6, 6.07) is 7.12. The van der Waals surface area contributed by atoms with E-state index in [2.05, 4.69) is 11.8 Å². The highest BCUT2D eigenvalue weighted by atomic mass is 35.5. The van der Waals surface area contributed by atoms with Crippen LogP contribution in [0.2, 0.25) is 0 Å². The molecule has 0 spiro atoms. The Morgan fingerprint density at radius 3 is 2.73 bits per heavy atom. The molecule has 2 aromatic rings. The number of thiophene rings is 1. The molecule has 0 fully saturated rings. The molecular formula is C17H21ClN2O4S2. The minimum Gasteiger partial charge on any atom is -0.400 e. The summed E-state index contributed by atoms with van der Waals surface area (Å²) < 4.78 is 17.7. The third-order valence-electron chi connectivity index (χ3n) is 3.71. The van der Waals surface area contributed by atoms with Crippen molar-refractivity contribution in [1.29, 1.82) is 0 Å². The second kappa shape index (κ2) is 9.89. The summed E-state index contributed by atoms with van der Waals surface area (Å²) in [5, 5.41) is 12.6. The van der Waals surface area contributed by atoms with Gasteiger partial charge >= 0.3 is 5.00 Å². The van der Waals surface area contributed by atoms with Crippen LogP contribution in [0, 0.1) is 17.0 Å². The van der Waals surface area contributed by atoms with Gasteiger partial charge in [-0.1, -0.05) is 18.3 Å². The van der Waals surface area contributed by atoms with Crippen LogP contribution in [0.4, 0.5) is 10.7 Å². The van der Waals surface area contributed by atoms with Gasteiger partial charge in [-0.2, -0.15) is 0 Å². The first-order chi connectivity index (χ1) is 12.5. The first-order valence-electron chi connectivity index (χ1n) is 8.15. The van der Waals surface area contributed by atoms with Crippen LogP contribution in [0.15, 0.2) is 29.6 Å². The lowest BCUT2D eigenvalue weighted by Crippen LogP contribution is -2.26. The molecule has 1 heterocycles. The van der Waals surface area contributed by atoms with E-state index in [1.54, 1.807) is 17.5 Å². The Morgan fingerprint density at radius 1 is 1.35 bits per heavy atom. The van der Waals surface area contributed by atoms with Gasteiger partial charge in [-0.05, 0) is 48.6 Å². The Morgan fingerprint density at radius 2 is 2.12 bits per heavy atom. The van der Waals surface area contributed by atoms with E-state index in [4.69, 9.17) is 15.8 Å². The van der Waals surface area contributed by atoms with Gasteiger partial charge in [-0.15, -0.1) is 11.6 Å². The lowest BCUT2D eigenvalue weighted by atomic mass is 10.1. The van der Waals surface area contributed by atoms with E-state index in [9.17, 15) is 14.3 Å². The molecule has 0 amide bonds. The minimum atomic E-state index is -1.69. The van der Waals surface area contributed by atoms with E-state index in [0.717, 1.165) is 42.1 Å². The van der Waals surface area contributed by atoms with Crippen LogP contribution in [0.5, 0.6) is 5.75 Å². The molecule has 0 aliphatic heterocycles. The second-order valence-electron chi connectivity index (χ2n) is 5.66. The molecule has 0 saturated carbocycles. The molecule has 1 aromatic heterocycles. The maximum Gasteiger partial charge on any atom is 0.328 e. The van der Waals surface area contributed by atoms with Crippen molar-refractivity contribution in [2.75, 3.05) is 23.9 Å². The molecule has 6 nitrogen and oxygen atoms in total. The van der Waals surface area contributed by atoms with Crippen LogP contribution in [0.3, 0.4) is 0 Å². The molecule has 0 bridgehead atoms. The molecule has 1 atom stereocenters. The minimum absolute atomic E-state index is 0.00441. The van der Waals surface area contributed by atoms with Gasteiger partial charge in [0.1, 0.15) is 5.75 Å². The molecular weight excluding hydrogens is 396 g/mol. The highest BCUT2D eigenvalue weighted by molar-refractivity contribution is 7.79. The number of alkyl halides is 1. The van der Waals surface area contributed by atoms with E-state index < -0.39 is 16.0 Å². The molecule has 0 aliphatic rings. The van der Waals surface area contributed by atoms with Gasteiger partial charge in [0.05, 0.1) is 16.2 Å². The molecule has 0 N–H and O–H groups in total. The van der Waals surface area contributed by atoms with Crippen molar-refractivity contribution in [1.82, 2.24) is 0 Å². The zero-order valence-corrected chi connectivity index (χ0v) is 17.0. The van der Waals surface area contributed by atoms with Crippen LogP contribution in [-0.4, -0.2) is 28.1 Å². The van der Waals surface area contributed by atoms with Gasteiger partial charge in [0.2, 0.25) is 11.1 Å². The third-order valence-corrected chi connectivity index (χ3v) is 5.71. The summed E-state index contributed by atoms with van der Waals surface area (Å²) in [6.07, 6.45) is 1.01. The Hall–Kier alpha value is -1.64. The lowest BCUT2D eigenvalue weighted by molar-refractivity contribution is -0.380. The van der Waals surface area contributed by atoms with Crippen LogP contribution in [-0.2, 0) is 16.8 Å². The van der Waals surface area contributed by atoms with E-state index in [1.807, 2.05) is 19.1 Å². The fourth-order valence-electron chi connectivity index (χ4n) is 2.62. The quantitative estimate of drug-likeness (QED) is 0.320. The predicted molar refractivity (Wildman–Crippen MR) is 108 cm³/mol. The van der Waals surface area contributed by atoms with Gasteiger partial charge in [-0.25, -0.2) is 4.21 Å². The summed E-state index contributed by atoms with van der Waals surface area (Å²) in [6.45, 7) is 5.73. The fraction of sp³-hybridized carbons (Fsp3) is 0.412. The molecule has 1 aromatic carbocycles. The fourth-order valence-corrected chi connectivity index (χ4v) is 4.52. The average Bonchev–Trinajstić information content (AvgIpc) is 3.03. The van der Waals surface area contributed by atoms with Crippen molar-refractivity contribution >= 4 is 44.7 Å². The topological polar surface area (TPSA) is 72.7 Å². The average molecular weight is 417 g/mol. The largest absolute Gasteiger partial charge is 0.400 e. The van der Waals surface area contributed by atoms with Gasteiger partial charge in [0, 0.05) is 24.7 Å². The zero-order chi connectivity index (χ0) is 19.1. The number of nitrogens with zero attached hydrogens (tertiary/aromatic N) is 2. The Labute approximate surface area is 164 Å². The maximum atomic E-state index is 12.2. The first kappa shape index (κ1) is 20.7. The maximum absolute atomic E-state index is 12.2. The van der Waals surface area contributed by atoms with Crippen molar-refractivity contribution in [3.63, 3.8) is 0 Å². The number of rotatable bonds is 10. The first-order valence-corrected chi connectivity index (χ1v) is 10.8.